The summed E-state index contributed by atoms with van der Waals surface area (Å²) < 4.78 is 0. The van der Waals surface area contributed by atoms with E-state index in [1.165, 1.54) is 4.90 Å². The summed E-state index contributed by atoms with van der Waals surface area (Å²) in [5.74, 6) is -0.728. The molecule has 0 radical (unpaired) electrons. The highest BCUT2D eigenvalue weighted by Gasteiger charge is 2.65. The van der Waals surface area contributed by atoms with E-state index in [0.29, 0.717) is 0 Å². The number of rotatable bonds is 5. The van der Waals surface area contributed by atoms with Crippen LogP contribution in [0.25, 0.3) is 0 Å². The second-order valence-corrected chi connectivity index (χ2v) is 9.14. The summed E-state index contributed by atoms with van der Waals surface area (Å²) in [7, 11) is 0. The van der Waals surface area contributed by atoms with E-state index < -0.39 is 18.0 Å². The molecule has 0 aromatic carbocycles. The highest BCUT2D eigenvalue weighted by Crippen LogP contribution is 2.60. The van der Waals surface area contributed by atoms with Crippen LogP contribution in [0.1, 0.15) is 39.0 Å². The fourth-order valence-electron chi connectivity index (χ4n) is 6.13. The van der Waals surface area contributed by atoms with Crippen molar-refractivity contribution in [2.24, 2.45) is 17.3 Å². The van der Waals surface area contributed by atoms with Crippen molar-refractivity contribution in [1.29, 1.82) is 0 Å². The zero-order valence-electron chi connectivity index (χ0n) is 15.4. The molecule has 3 heterocycles. The molecule has 0 aromatic heterocycles. The number of amides is 1. The van der Waals surface area contributed by atoms with Crippen LogP contribution in [-0.4, -0.2) is 63.7 Å². The average molecular weight is 381 g/mol. The van der Waals surface area contributed by atoms with Crippen LogP contribution in [-0.2, 0) is 9.59 Å². The van der Waals surface area contributed by atoms with Crippen molar-refractivity contribution < 1.29 is 19.8 Å². The fraction of sp³-hybridized carbons (Fsp3) is 0.789. The number of nitrogens with one attached hydrogen (secondary N) is 1. The third-order valence-corrected chi connectivity index (χ3v) is 7.80. The Morgan fingerprint density at radius 3 is 2.77 bits per heavy atom. The highest BCUT2D eigenvalue weighted by atomic mass is 32.2. The van der Waals surface area contributed by atoms with Crippen LogP contribution in [0.15, 0.2) is 11.3 Å². The Labute approximate surface area is 158 Å². The quantitative estimate of drug-likeness (QED) is 0.626. The lowest BCUT2D eigenvalue weighted by molar-refractivity contribution is -0.163. The van der Waals surface area contributed by atoms with E-state index in [4.69, 9.17) is 0 Å². The van der Waals surface area contributed by atoms with E-state index >= 15 is 0 Å². The van der Waals surface area contributed by atoms with E-state index in [-0.39, 0.29) is 35.0 Å². The number of aliphatic carboxylic acids is 1. The Hall–Kier alpha value is -1.05. The maximum Gasteiger partial charge on any atom is 0.352 e. The Morgan fingerprint density at radius 2 is 2.19 bits per heavy atom. The van der Waals surface area contributed by atoms with Gasteiger partial charge in [-0.3, -0.25) is 4.79 Å². The van der Waals surface area contributed by atoms with Gasteiger partial charge in [-0.2, -0.15) is 11.8 Å². The number of carboxylic acids is 1. The summed E-state index contributed by atoms with van der Waals surface area (Å²) >= 11 is 1.77. The minimum Gasteiger partial charge on any atom is -0.477 e. The zero-order chi connectivity index (χ0) is 18.6. The first-order chi connectivity index (χ1) is 12.4. The van der Waals surface area contributed by atoms with Gasteiger partial charge in [0.05, 0.1) is 18.1 Å². The van der Waals surface area contributed by atoms with Crippen LogP contribution in [0.2, 0.25) is 0 Å². The van der Waals surface area contributed by atoms with Gasteiger partial charge in [-0.15, -0.1) is 0 Å². The van der Waals surface area contributed by atoms with Crippen molar-refractivity contribution >= 4 is 23.6 Å². The van der Waals surface area contributed by atoms with Crippen molar-refractivity contribution in [3.05, 3.63) is 11.3 Å². The van der Waals surface area contributed by atoms with Crippen molar-refractivity contribution in [2.45, 2.75) is 57.2 Å². The van der Waals surface area contributed by atoms with E-state index in [1.807, 2.05) is 0 Å². The Morgan fingerprint density at radius 1 is 1.42 bits per heavy atom. The highest BCUT2D eigenvalue weighted by molar-refractivity contribution is 7.98. The molecule has 3 fully saturated rings. The molecule has 1 saturated carbocycles. The van der Waals surface area contributed by atoms with Crippen LogP contribution in [0.3, 0.4) is 0 Å². The van der Waals surface area contributed by atoms with Crippen LogP contribution >= 0.6 is 11.8 Å². The largest absolute Gasteiger partial charge is 0.477 e. The fourth-order valence-corrected chi connectivity index (χ4v) is 7.14. The molecule has 6 nitrogen and oxygen atoms in total. The molecule has 4 aliphatic rings. The van der Waals surface area contributed by atoms with Gasteiger partial charge in [-0.05, 0) is 51.0 Å². The predicted octanol–water partition coefficient (Wildman–Crippen LogP) is 1.45. The number of thioether (sulfide) groups is 1. The van der Waals surface area contributed by atoms with Gasteiger partial charge in [-0.1, -0.05) is 6.42 Å². The first-order valence-electron chi connectivity index (χ1n) is 9.65. The second-order valence-electron chi connectivity index (χ2n) is 8.27. The van der Waals surface area contributed by atoms with Gasteiger partial charge in [0, 0.05) is 23.1 Å². The number of carbonyl (C=O) groups excluding carboxylic acids is 1. The maximum atomic E-state index is 12.7. The minimum absolute atomic E-state index is 0.0710. The molecule has 2 saturated heterocycles. The molecule has 0 unspecified atom stereocenters. The summed E-state index contributed by atoms with van der Waals surface area (Å²) in [6.07, 6.45) is 6.44. The summed E-state index contributed by atoms with van der Waals surface area (Å²) in [5.41, 5.74) is 1.02. The van der Waals surface area contributed by atoms with Crippen LogP contribution in [0.4, 0.5) is 0 Å². The summed E-state index contributed by atoms with van der Waals surface area (Å²) in [4.78, 5) is 26.4. The first-order valence-corrected chi connectivity index (χ1v) is 11.0. The zero-order valence-corrected chi connectivity index (χ0v) is 16.2. The Balaban J connectivity index is 1.84. The summed E-state index contributed by atoms with van der Waals surface area (Å²) in [6.45, 7) is 2.62. The van der Waals surface area contributed by atoms with Gasteiger partial charge in [-0.25, -0.2) is 4.79 Å². The number of carbonyl (C=O) groups is 2. The van der Waals surface area contributed by atoms with Crippen molar-refractivity contribution in [3.63, 3.8) is 0 Å². The lowest BCUT2D eigenvalue weighted by Crippen LogP contribution is -2.64. The number of β-lactam (4-membered cyclic amide) rings is 1. The van der Waals surface area contributed by atoms with Gasteiger partial charge >= 0.3 is 5.97 Å². The number of aliphatic hydroxyl groups excluding tert-OH is 1. The number of hydrogen-bond acceptors (Lipinski definition) is 5. The van der Waals surface area contributed by atoms with E-state index in [1.54, 1.807) is 18.7 Å². The van der Waals surface area contributed by atoms with E-state index in [2.05, 4.69) is 11.6 Å². The maximum absolute atomic E-state index is 12.7. The molecule has 4 rings (SSSR count). The molecule has 3 N–H and O–H groups in total. The van der Waals surface area contributed by atoms with Crippen LogP contribution in [0.5, 0.6) is 0 Å². The monoisotopic (exact) mass is 380 g/mol. The molecular formula is C19H28N2O4S. The molecule has 0 aromatic rings. The normalized spacial score (nSPS) is 40.3. The van der Waals surface area contributed by atoms with Crippen LogP contribution < -0.4 is 5.32 Å². The second kappa shape index (κ2) is 6.53. The average Bonchev–Trinajstić information content (AvgIpc) is 3.20. The van der Waals surface area contributed by atoms with Crippen LogP contribution in [0, 0.1) is 17.3 Å². The van der Waals surface area contributed by atoms with Gasteiger partial charge in [0.15, 0.2) is 0 Å². The summed E-state index contributed by atoms with van der Waals surface area (Å²) in [5, 5.41) is 23.8. The number of fused-ring (bicyclic) bond motifs is 3. The molecule has 0 bridgehead atoms. The standard InChI is InChI=1S/C19H28N2O4S/c1-10(22)13-15-11-5-3-7-19(9-26-2,12-6-4-8-20-12)14(11)16(18(24)25)21(15)17(13)23/h10-13,15,20,22H,3-9H2,1-2H3,(H,24,25)/t10-,11+,12+,13-,15-,19+/m1/s1. The third-order valence-electron chi connectivity index (χ3n) is 6.99. The lowest BCUT2D eigenvalue weighted by atomic mass is 9.60. The number of aliphatic hydroxyl groups is 1. The number of nitrogens with zero attached hydrogens (tertiary/aromatic N) is 1. The van der Waals surface area contributed by atoms with Gasteiger partial charge in [0.25, 0.3) is 0 Å². The summed E-state index contributed by atoms with van der Waals surface area (Å²) in [6, 6.07) is 0.104. The number of hydrogen-bond donors (Lipinski definition) is 3. The molecule has 0 spiro atoms. The molecular weight excluding hydrogens is 352 g/mol. The van der Waals surface area contributed by atoms with E-state index in [9.17, 15) is 19.8 Å². The third kappa shape index (κ3) is 2.33. The van der Waals surface area contributed by atoms with Gasteiger partial charge < -0.3 is 20.4 Å². The smallest absolute Gasteiger partial charge is 0.352 e. The molecule has 1 aliphatic carbocycles. The van der Waals surface area contributed by atoms with E-state index in [0.717, 1.165) is 50.0 Å². The lowest BCUT2D eigenvalue weighted by Gasteiger charge is -2.50. The molecule has 1 amide bonds. The molecule has 3 aliphatic heterocycles. The molecule has 144 valence electrons. The van der Waals surface area contributed by atoms with Gasteiger partial charge in [0.1, 0.15) is 5.70 Å². The minimum atomic E-state index is -0.990. The SMILES string of the molecule is CSC[C@]1([C@@H]2CCCN2)CCC[C@H]2C1=C(C(=O)O)N1C(=O)[C@H]([C@@H](C)O)[C@@H]21. The Bertz CT molecular complexity index is 654. The molecule has 7 heteroatoms. The topological polar surface area (TPSA) is 89.9 Å². The predicted molar refractivity (Wildman–Crippen MR) is 99.6 cm³/mol. The molecule has 26 heavy (non-hydrogen) atoms. The molecule has 6 atom stereocenters. The van der Waals surface area contributed by atoms with Crippen molar-refractivity contribution in [2.75, 3.05) is 18.6 Å². The Kier molecular flexibility index (Phi) is 4.60. The van der Waals surface area contributed by atoms with Crippen molar-refractivity contribution in [1.82, 2.24) is 10.2 Å². The number of carboxylic acid groups (broad SMARTS) is 1. The first kappa shape index (κ1) is 18.3. The van der Waals surface area contributed by atoms with Crippen molar-refractivity contribution in [3.8, 4) is 0 Å². The van der Waals surface area contributed by atoms with Gasteiger partial charge in [0.2, 0.25) is 5.91 Å².